The molecule has 5 saturated carbocycles. The van der Waals surface area contributed by atoms with E-state index in [1.165, 1.54) is 64.2 Å². The van der Waals surface area contributed by atoms with E-state index in [2.05, 4.69) is 48.5 Å². The standard InChI is InChI=1S/C32H56O2/c1-21(20-33-8)22-12-15-29(4)18-19-31(6)23(27(22)29)10-11-25-30(5)16-14-26(34-9)28(2,3)24(30)13-17-32(25,31)7/h21-27H,10-20H2,1-9H3/t21?,22-,23?,24?,25?,26?,27?,29+,30-,31+,32+/m0/s1. The number of methoxy groups -OCH3 is 2. The van der Waals surface area contributed by atoms with Crippen LogP contribution in [0.2, 0.25) is 0 Å². The van der Waals surface area contributed by atoms with Crippen LogP contribution in [0, 0.1) is 62.6 Å². The van der Waals surface area contributed by atoms with Crippen LogP contribution in [0.4, 0.5) is 0 Å². The molecule has 5 aliphatic carbocycles. The lowest BCUT2D eigenvalue weighted by atomic mass is 9.32. The molecule has 2 nitrogen and oxygen atoms in total. The SMILES string of the molecule is COCC(C)[C@@H]1CC[C@]2(C)CC[C@]3(C)C(CCC4[C@@]5(C)CCC(OC)C(C)(C)C5CC[C@]43C)C12. The molecule has 0 spiro atoms. The molecule has 196 valence electrons. The Morgan fingerprint density at radius 3 is 2.15 bits per heavy atom. The van der Waals surface area contributed by atoms with E-state index in [0.29, 0.717) is 33.7 Å². The summed E-state index contributed by atoms with van der Waals surface area (Å²) in [6.07, 6.45) is 14.7. The van der Waals surface area contributed by atoms with Gasteiger partial charge in [0.1, 0.15) is 0 Å². The molecule has 0 amide bonds. The van der Waals surface area contributed by atoms with Crippen LogP contribution >= 0.6 is 0 Å². The maximum Gasteiger partial charge on any atom is 0.0625 e. The molecule has 2 heteroatoms. The number of rotatable bonds is 4. The van der Waals surface area contributed by atoms with Gasteiger partial charge in [-0.1, -0.05) is 48.5 Å². The Morgan fingerprint density at radius 2 is 1.47 bits per heavy atom. The van der Waals surface area contributed by atoms with Crippen molar-refractivity contribution in [1.29, 1.82) is 0 Å². The van der Waals surface area contributed by atoms with Crippen LogP contribution in [0.5, 0.6) is 0 Å². The fourth-order valence-corrected chi connectivity index (χ4v) is 12.4. The van der Waals surface area contributed by atoms with Gasteiger partial charge >= 0.3 is 0 Å². The second-order valence-electron chi connectivity index (χ2n) is 15.6. The summed E-state index contributed by atoms with van der Waals surface area (Å²) in [5.74, 6) is 5.04. The van der Waals surface area contributed by atoms with E-state index >= 15 is 0 Å². The zero-order valence-electron chi connectivity index (χ0n) is 24.1. The summed E-state index contributed by atoms with van der Waals surface area (Å²) in [4.78, 5) is 0. The fraction of sp³-hybridized carbons (Fsp3) is 1.00. The van der Waals surface area contributed by atoms with E-state index in [1.807, 2.05) is 14.2 Å². The number of hydrogen-bond donors (Lipinski definition) is 0. The number of ether oxygens (including phenoxy) is 2. The second kappa shape index (κ2) is 8.21. The van der Waals surface area contributed by atoms with Crippen LogP contribution in [-0.4, -0.2) is 26.9 Å². The van der Waals surface area contributed by atoms with Crippen LogP contribution < -0.4 is 0 Å². The normalized spacial score (nSPS) is 55.0. The maximum absolute atomic E-state index is 6.07. The predicted octanol–water partition coefficient (Wildman–Crippen LogP) is 8.39. The average Bonchev–Trinajstić information content (AvgIpc) is 3.12. The van der Waals surface area contributed by atoms with Crippen molar-refractivity contribution in [2.24, 2.45) is 62.6 Å². The summed E-state index contributed by atoms with van der Waals surface area (Å²) in [5.41, 5.74) is 2.30. The van der Waals surface area contributed by atoms with Crippen molar-refractivity contribution in [1.82, 2.24) is 0 Å². The van der Waals surface area contributed by atoms with Crippen molar-refractivity contribution in [2.75, 3.05) is 20.8 Å². The van der Waals surface area contributed by atoms with Gasteiger partial charge < -0.3 is 9.47 Å². The molecule has 0 N–H and O–H groups in total. The smallest absolute Gasteiger partial charge is 0.0625 e. The van der Waals surface area contributed by atoms with Gasteiger partial charge in [0.2, 0.25) is 0 Å². The largest absolute Gasteiger partial charge is 0.384 e. The summed E-state index contributed by atoms with van der Waals surface area (Å²) in [6.45, 7) is 19.5. The third-order valence-corrected chi connectivity index (χ3v) is 14.3. The predicted molar refractivity (Wildman–Crippen MR) is 142 cm³/mol. The highest BCUT2D eigenvalue weighted by molar-refractivity contribution is 5.19. The Hall–Kier alpha value is -0.0800. The lowest BCUT2D eigenvalue weighted by Crippen LogP contribution is -2.66. The monoisotopic (exact) mass is 472 g/mol. The Labute approximate surface area is 211 Å². The molecule has 5 aliphatic rings. The van der Waals surface area contributed by atoms with Crippen LogP contribution in [0.25, 0.3) is 0 Å². The molecule has 0 radical (unpaired) electrons. The lowest BCUT2D eigenvalue weighted by Gasteiger charge is -2.73. The van der Waals surface area contributed by atoms with Gasteiger partial charge in [-0.3, -0.25) is 0 Å². The molecule has 0 bridgehead atoms. The van der Waals surface area contributed by atoms with Crippen molar-refractivity contribution >= 4 is 0 Å². The first-order valence-electron chi connectivity index (χ1n) is 14.9. The van der Waals surface area contributed by atoms with Gasteiger partial charge in [-0.25, -0.2) is 0 Å². The molecule has 0 aromatic rings. The highest BCUT2D eigenvalue weighted by Gasteiger charge is 2.70. The van der Waals surface area contributed by atoms with Crippen LogP contribution in [-0.2, 0) is 9.47 Å². The number of hydrogen-bond acceptors (Lipinski definition) is 2. The molecule has 6 unspecified atom stereocenters. The van der Waals surface area contributed by atoms with Crippen molar-refractivity contribution in [2.45, 2.75) is 119 Å². The lowest BCUT2D eigenvalue weighted by molar-refractivity contribution is -0.250. The molecule has 34 heavy (non-hydrogen) atoms. The minimum atomic E-state index is 0.290. The van der Waals surface area contributed by atoms with Gasteiger partial charge in [-0.05, 0) is 127 Å². The van der Waals surface area contributed by atoms with E-state index in [4.69, 9.17) is 9.47 Å². The highest BCUT2D eigenvalue weighted by Crippen LogP contribution is 2.77. The molecular weight excluding hydrogens is 416 g/mol. The molecule has 5 rings (SSSR count). The third-order valence-electron chi connectivity index (χ3n) is 14.3. The van der Waals surface area contributed by atoms with Crippen molar-refractivity contribution in [3.8, 4) is 0 Å². The Morgan fingerprint density at radius 1 is 0.735 bits per heavy atom. The van der Waals surface area contributed by atoms with Gasteiger partial charge in [0.05, 0.1) is 6.10 Å². The minimum Gasteiger partial charge on any atom is -0.384 e. The second-order valence-corrected chi connectivity index (χ2v) is 15.6. The van der Waals surface area contributed by atoms with Crippen LogP contribution in [0.3, 0.4) is 0 Å². The minimum absolute atomic E-state index is 0.290. The third kappa shape index (κ3) is 3.18. The zero-order valence-corrected chi connectivity index (χ0v) is 24.1. The molecule has 0 saturated heterocycles. The Balaban J connectivity index is 1.50. The molecule has 0 aliphatic heterocycles. The molecule has 0 heterocycles. The van der Waals surface area contributed by atoms with Gasteiger partial charge in [-0.2, -0.15) is 0 Å². The van der Waals surface area contributed by atoms with Gasteiger partial charge in [0, 0.05) is 20.8 Å². The van der Waals surface area contributed by atoms with E-state index in [1.54, 1.807) is 0 Å². The topological polar surface area (TPSA) is 18.5 Å². The highest BCUT2D eigenvalue weighted by atomic mass is 16.5. The van der Waals surface area contributed by atoms with Crippen LogP contribution in [0.15, 0.2) is 0 Å². The van der Waals surface area contributed by atoms with Crippen molar-refractivity contribution in [3.05, 3.63) is 0 Å². The summed E-state index contributed by atoms with van der Waals surface area (Å²) in [5, 5.41) is 0. The average molecular weight is 473 g/mol. The first-order valence-corrected chi connectivity index (χ1v) is 14.9. The molecular formula is C32H56O2. The summed E-state index contributed by atoms with van der Waals surface area (Å²) < 4.78 is 11.8. The van der Waals surface area contributed by atoms with Crippen LogP contribution in [0.1, 0.15) is 113 Å². The maximum atomic E-state index is 6.07. The van der Waals surface area contributed by atoms with E-state index in [9.17, 15) is 0 Å². The fourth-order valence-electron chi connectivity index (χ4n) is 12.4. The zero-order chi connectivity index (χ0) is 24.7. The number of fused-ring (bicyclic) bond motifs is 7. The van der Waals surface area contributed by atoms with E-state index in [0.717, 1.165) is 36.2 Å². The Kier molecular flexibility index (Phi) is 6.17. The summed E-state index contributed by atoms with van der Waals surface area (Å²) >= 11 is 0. The van der Waals surface area contributed by atoms with Gasteiger partial charge in [0.15, 0.2) is 0 Å². The van der Waals surface area contributed by atoms with E-state index in [-0.39, 0.29) is 5.41 Å². The first kappa shape index (κ1) is 25.6. The van der Waals surface area contributed by atoms with E-state index < -0.39 is 0 Å². The summed E-state index contributed by atoms with van der Waals surface area (Å²) in [7, 11) is 3.86. The Bertz CT molecular complexity index is 775. The quantitative estimate of drug-likeness (QED) is 0.409. The van der Waals surface area contributed by atoms with Gasteiger partial charge in [0.25, 0.3) is 0 Å². The molecule has 5 fully saturated rings. The van der Waals surface area contributed by atoms with Crippen molar-refractivity contribution in [3.63, 3.8) is 0 Å². The first-order chi connectivity index (χ1) is 15.9. The molecule has 11 atom stereocenters. The van der Waals surface area contributed by atoms with Gasteiger partial charge in [-0.15, -0.1) is 0 Å². The molecule has 0 aromatic heterocycles. The summed E-state index contributed by atoms with van der Waals surface area (Å²) in [6, 6.07) is 0. The molecule has 0 aromatic carbocycles. The van der Waals surface area contributed by atoms with Crippen molar-refractivity contribution < 1.29 is 9.47 Å².